The van der Waals surface area contributed by atoms with E-state index in [1.807, 2.05) is 13.0 Å². The normalized spacial score (nSPS) is 17.0. The molecule has 8 nitrogen and oxygen atoms in total. The van der Waals surface area contributed by atoms with Crippen LogP contribution in [0.3, 0.4) is 0 Å². The maximum absolute atomic E-state index is 13.3. The Morgan fingerprint density at radius 3 is 2.49 bits per heavy atom. The molecule has 1 saturated heterocycles. The molecular weight excluding hydrogens is 468 g/mol. The summed E-state index contributed by atoms with van der Waals surface area (Å²) in [6.45, 7) is 5.35. The lowest BCUT2D eigenvalue weighted by Crippen LogP contribution is -2.29. The van der Waals surface area contributed by atoms with E-state index in [0.717, 1.165) is 16.9 Å². The molecule has 1 atom stereocenters. The standard InChI is InChI=1S/C26H24N2O6S/c1-5-34-25(32)23-15(3)27-26(35-23)28-20(16-9-7-6-8-10-16)19(22(30)24(28)31)21(29)17-11-12-18(33-4)14(2)13-17/h6-13,20,29H,5H2,1-4H3/b21-19+. The van der Waals surface area contributed by atoms with Crippen LogP contribution in [0.5, 0.6) is 5.75 Å². The summed E-state index contributed by atoms with van der Waals surface area (Å²) in [7, 11) is 1.55. The molecule has 1 fully saturated rings. The van der Waals surface area contributed by atoms with Gasteiger partial charge in [-0.15, -0.1) is 0 Å². The fourth-order valence-electron chi connectivity index (χ4n) is 4.03. The van der Waals surface area contributed by atoms with Gasteiger partial charge in [-0.25, -0.2) is 9.78 Å². The first-order valence-corrected chi connectivity index (χ1v) is 11.8. The zero-order valence-corrected chi connectivity index (χ0v) is 20.5. The van der Waals surface area contributed by atoms with E-state index < -0.39 is 23.7 Å². The van der Waals surface area contributed by atoms with Crippen LogP contribution in [0.2, 0.25) is 0 Å². The number of anilines is 1. The smallest absolute Gasteiger partial charge is 0.350 e. The number of ether oxygens (including phenoxy) is 2. The Morgan fingerprint density at radius 2 is 1.86 bits per heavy atom. The number of rotatable bonds is 6. The number of aliphatic hydroxyl groups excluding tert-OH is 1. The predicted octanol–water partition coefficient (Wildman–Crippen LogP) is 4.57. The summed E-state index contributed by atoms with van der Waals surface area (Å²) < 4.78 is 10.4. The van der Waals surface area contributed by atoms with Crippen molar-refractivity contribution in [3.05, 3.63) is 81.4 Å². The van der Waals surface area contributed by atoms with Crippen LogP contribution in [0.4, 0.5) is 5.13 Å². The zero-order valence-electron chi connectivity index (χ0n) is 19.7. The minimum atomic E-state index is -0.931. The molecule has 1 unspecified atom stereocenters. The molecule has 2 aromatic carbocycles. The first-order chi connectivity index (χ1) is 16.8. The number of methoxy groups -OCH3 is 1. The highest BCUT2D eigenvalue weighted by atomic mass is 32.1. The van der Waals surface area contributed by atoms with Crippen molar-refractivity contribution in [2.45, 2.75) is 26.8 Å². The van der Waals surface area contributed by atoms with E-state index in [2.05, 4.69) is 4.98 Å². The number of ketones is 1. The third kappa shape index (κ3) is 4.30. The van der Waals surface area contributed by atoms with Gasteiger partial charge >= 0.3 is 11.9 Å². The second-order valence-corrected chi connectivity index (χ2v) is 8.87. The molecule has 3 aromatic rings. The Morgan fingerprint density at radius 1 is 1.14 bits per heavy atom. The van der Waals surface area contributed by atoms with Crippen LogP contribution in [0, 0.1) is 13.8 Å². The highest BCUT2D eigenvalue weighted by molar-refractivity contribution is 7.17. The summed E-state index contributed by atoms with van der Waals surface area (Å²) >= 11 is 0.972. The molecule has 0 aliphatic carbocycles. The van der Waals surface area contributed by atoms with Gasteiger partial charge in [0.05, 0.1) is 31.0 Å². The average Bonchev–Trinajstić information content (AvgIpc) is 3.36. The molecular formula is C26H24N2O6S. The highest BCUT2D eigenvalue weighted by Crippen LogP contribution is 2.44. The Hall–Kier alpha value is -3.98. The van der Waals surface area contributed by atoms with E-state index in [4.69, 9.17) is 9.47 Å². The molecule has 0 bridgehead atoms. The largest absolute Gasteiger partial charge is 0.507 e. The molecule has 2 heterocycles. The SMILES string of the molecule is CCOC(=O)c1sc(N2C(=O)C(=O)/C(=C(/O)c3ccc(OC)c(C)c3)C2c2ccccc2)nc1C. The first-order valence-electron chi connectivity index (χ1n) is 10.9. The summed E-state index contributed by atoms with van der Waals surface area (Å²) in [5.74, 6) is -1.89. The van der Waals surface area contributed by atoms with Gasteiger partial charge in [0.25, 0.3) is 5.78 Å². The zero-order chi connectivity index (χ0) is 25.3. The van der Waals surface area contributed by atoms with Crippen LogP contribution in [-0.4, -0.2) is 41.5 Å². The summed E-state index contributed by atoms with van der Waals surface area (Å²) in [5.41, 5.74) is 2.09. The van der Waals surface area contributed by atoms with Crippen molar-refractivity contribution in [1.82, 2.24) is 4.98 Å². The predicted molar refractivity (Wildman–Crippen MR) is 132 cm³/mol. The Kier molecular flexibility index (Phi) is 6.70. The molecule has 1 aromatic heterocycles. The quantitative estimate of drug-likeness (QED) is 0.232. The molecule has 1 aliphatic rings. The highest BCUT2D eigenvalue weighted by Gasteiger charge is 2.48. The Labute approximate surface area is 206 Å². The van der Waals surface area contributed by atoms with Crippen LogP contribution in [-0.2, 0) is 14.3 Å². The van der Waals surface area contributed by atoms with E-state index >= 15 is 0 Å². The van der Waals surface area contributed by atoms with E-state index in [9.17, 15) is 19.5 Å². The molecule has 0 radical (unpaired) electrons. The van der Waals surface area contributed by atoms with Crippen molar-refractivity contribution in [2.24, 2.45) is 0 Å². The van der Waals surface area contributed by atoms with Gasteiger partial charge in [0, 0.05) is 5.56 Å². The number of nitrogens with zero attached hydrogens (tertiary/aromatic N) is 2. The fraction of sp³-hybridized carbons (Fsp3) is 0.231. The number of aromatic nitrogens is 1. The molecule has 9 heteroatoms. The number of carbonyl (C=O) groups excluding carboxylic acids is 3. The number of hydrogen-bond acceptors (Lipinski definition) is 8. The number of amides is 1. The molecule has 180 valence electrons. The second-order valence-electron chi connectivity index (χ2n) is 7.90. The number of esters is 1. The van der Waals surface area contributed by atoms with Crippen LogP contribution < -0.4 is 9.64 Å². The number of hydrogen-bond donors (Lipinski definition) is 1. The van der Waals surface area contributed by atoms with E-state index in [-0.39, 0.29) is 27.9 Å². The second kappa shape index (κ2) is 9.71. The molecule has 1 aliphatic heterocycles. The summed E-state index contributed by atoms with van der Waals surface area (Å²) in [6, 6.07) is 13.0. The fourth-order valence-corrected chi connectivity index (χ4v) is 5.02. The molecule has 4 rings (SSSR count). The maximum atomic E-state index is 13.3. The number of aryl methyl sites for hydroxylation is 2. The lowest BCUT2D eigenvalue weighted by molar-refractivity contribution is -0.132. The minimum absolute atomic E-state index is 0.0590. The lowest BCUT2D eigenvalue weighted by Gasteiger charge is -2.23. The topological polar surface area (TPSA) is 106 Å². The molecule has 1 N–H and O–H groups in total. The van der Waals surface area contributed by atoms with Gasteiger partial charge in [-0.3, -0.25) is 14.5 Å². The average molecular weight is 493 g/mol. The van der Waals surface area contributed by atoms with Crippen molar-refractivity contribution >= 4 is 39.9 Å². The van der Waals surface area contributed by atoms with Crippen LogP contribution in [0.15, 0.2) is 54.1 Å². The molecule has 0 saturated carbocycles. The summed E-state index contributed by atoms with van der Waals surface area (Å²) in [6.07, 6.45) is 0. The van der Waals surface area contributed by atoms with Gasteiger partial charge in [0.15, 0.2) is 5.13 Å². The molecule has 0 spiro atoms. The number of Topliss-reactive ketones (excluding diaryl/α,β-unsaturated/α-hetero) is 1. The third-order valence-electron chi connectivity index (χ3n) is 5.68. The maximum Gasteiger partial charge on any atom is 0.350 e. The lowest BCUT2D eigenvalue weighted by atomic mass is 9.95. The summed E-state index contributed by atoms with van der Waals surface area (Å²) in [4.78, 5) is 44.8. The third-order valence-corrected chi connectivity index (χ3v) is 6.82. The van der Waals surface area contributed by atoms with Crippen LogP contribution in [0.25, 0.3) is 5.76 Å². The van der Waals surface area contributed by atoms with E-state index in [1.165, 1.54) is 4.90 Å². The monoisotopic (exact) mass is 492 g/mol. The number of thiazole rings is 1. The van der Waals surface area contributed by atoms with E-state index in [0.29, 0.717) is 22.6 Å². The van der Waals surface area contributed by atoms with Gasteiger partial charge in [-0.2, -0.15) is 0 Å². The van der Waals surface area contributed by atoms with E-state index in [1.54, 1.807) is 63.4 Å². The van der Waals surface area contributed by atoms with Crippen molar-refractivity contribution in [3.63, 3.8) is 0 Å². The number of carbonyl (C=O) groups is 3. The van der Waals surface area contributed by atoms with Crippen molar-refractivity contribution in [2.75, 3.05) is 18.6 Å². The Balaban J connectivity index is 1.89. The van der Waals surface area contributed by atoms with Gasteiger partial charge < -0.3 is 14.6 Å². The van der Waals surface area contributed by atoms with Crippen molar-refractivity contribution in [3.8, 4) is 5.75 Å². The van der Waals surface area contributed by atoms with Gasteiger partial charge in [-0.05, 0) is 50.1 Å². The number of benzene rings is 2. The van der Waals surface area contributed by atoms with Crippen molar-refractivity contribution < 1.29 is 29.0 Å². The Bertz CT molecular complexity index is 1350. The van der Waals surface area contributed by atoms with Crippen molar-refractivity contribution in [1.29, 1.82) is 0 Å². The first kappa shape index (κ1) is 24.2. The van der Waals surface area contributed by atoms with Crippen LogP contribution in [0.1, 0.15) is 45.0 Å². The van der Waals surface area contributed by atoms with Crippen LogP contribution >= 0.6 is 11.3 Å². The van der Waals surface area contributed by atoms with Gasteiger partial charge in [0.2, 0.25) is 0 Å². The molecule has 35 heavy (non-hydrogen) atoms. The molecule has 1 amide bonds. The van der Waals surface area contributed by atoms with Gasteiger partial charge in [-0.1, -0.05) is 41.7 Å². The summed E-state index contributed by atoms with van der Waals surface area (Å²) in [5, 5.41) is 11.4. The van der Waals surface area contributed by atoms with Gasteiger partial charge in [0.1, 0.15) is 16.4 Å². The minimum Gasteiger partial charge on any atom is -0.507 e. The number of aliphatic hydroxyl groups is 1.